The first-order chi connectivity index (χ1) is 9.31. The Morgan fingerprint density at radius 2 is 1.58 bits per heavy atom. The molecule has 0 saturated heterocycles. The topological polar surface area (TPSA) is 32.3 Å². The SMILES string of the molecule is C=C(CNC(CO)c1ccccc1)c1ccccc1. The molecule has 0 bridgehead atoms. The van der Waals surface area contributed by atoms with Crippen molar-refractivity contribution in [2.45, 2.75) is 6.04 Å². The minimum Gasteiger partial charge on any atom is -0.394 e. The normalized spacial score (nSPS) is 12.1. The fraction of sp³-hybridized carbons (Fsp3) is 0.176. The molecule has 2 rings (SSSR count). The lowest BCUT2D eigenvalue weighted by Gasteiger charge is -2.17. The third-order valence-corrected chi connectivity index (χ3v) is 3.13. The highest BCUT2D eigenvalue weighted by atomic mass is 16.3. The highest BCUT2D eigenvalue weighted by Crippen LogP contribution is 2.15. The van der Waals surface area contributed by atoms with Gasteiger partial charge in [0.1, 0.15) is 0 Å². The van der Waals surface area contributed by atoms with Crippen LogP contribution < -0.4 is 5.32 Å². The molecule has 1 atom stereocenters. The van der Waals surface area contributed by atoms with Gasteiger partial charge in [0.25, 0.3) is 0 Å². The van der Waals surface area contributed by atoms with Crippen LogP contribution >= 0.6 is 0 Å². The molecule has 2 aromatic carbocycles. The maximum Gasteiger partial charge on any atom is 0.0626 e. The zero-order chi connectivity index (χ0) is 13.5. The van der Waals surface area contributed by atoms with Crippen molar-refractivity contribution in [3.8, 4) is 0 Å². The number of hydrogen-bond acceptors (Lipinski definition) is 2. The second kappa shape index (κ2) is 6.88. The summed E-state index contributed by atoms with van der Waals surface area (Å²) in [5.74, 6) is 0. The fourth-order valence-electron chi connectivity index (χ4n) is 2.00. The summed E-state index contributed by atoms with van der Waals surface area (Å²) in [5, 5.41) is 12.8. The van der Waals surface area contributed by atoms with Gasteiger partial charge in [0, 0.05) is 6.54 Å². The van der Waals surface area contributed by atoms with Gasteiger partial charge in [0.05, 0.1) is 12.6 Å². The first-order valence-corrected chi connectivity index (χ1v) is 6.43. The van der Waals surface area contributed by atoms with Crippen molar-refractivity contribution in [2.75, 3.05) is 13.2 Å². The molecule has 0 radical (unpaired) electrons. The van der Waals surface area contributed by atoms with E-state index in [9.17, 15) is 5.11 Å². The lowest BCUT2D eigenvalue weighted by atomic mass is 10.1. The lowest BCUT2D eigenvalue weighted by molar-refractivity contribution is 0.248. The van der Waals surface area contributed by atoms with Crippen LogP contribution in [0.1, 0.15) is 17.2 Å². The van der Waals surface area contributed by atoms with Crippen LogP contribution in [-0.4, -0.2) is 18.3 Å². The van der Waals surface area contributed by atoms with Crippen LogP contribution in [0.5, 0.6) is 0 Å². The molecule has 0 saturated carbocycles. The molecule has 19 heavy (non-hydrogen) atoms. The first-order valence-electron chi connectivity index (χ1n) is 6.43. The molecule has 0 aliphatic rings. The van der Waals surface area contributed by atoms with Gasteiger partial charge >= 0.3 is 0 Å². The Morgan fingerprint density at radius 3 is 2.16 bits per heavy atom. The molecule has 0 fully saturated rings. The van der Waals surface area contributed by atoms with Crippen molar-refractivity contribution in [2.24, 2.45) is 0 Å². The molecule has 0 amide bonds. The van der Waals surface area contributed by atoms with E-state index in [-0.39, 0.29) is 12.6 Å². The van der Waals surface area contributed by atoms with E-state index in [2.05, 4.69) is 11.9 Å². The van der Waals surface area contributed by atoms with Crippen LogP contribution in [0.15, 0.2) is 67.2 Å². The van der Waals surface area contributed by atoms with Crippen molar-refractivity contribution in [3.63, 3.8) is 0 Å². The van der Waals surface area contributed by atoms with E-state index in [1.54, 1.807) is 0 Å². The second-order valence-corrected chi connectivity index (χ2v) is 4.50. The first kappa shape index (κ1) is 13.5. The number of aliphatic hydroxyl groups excluding tert-OH is 1. The molecular formula is C17H19NO. The third kappa shape index (κ3) is 3.78. The van der Waals surface area contributed by atoms with Crippen LogP contribution in [0, 0.1) is 0 Å². The van der Waals surface area contributed by atoms with Crippen LogP contribution in [-0.2, 0) is 0 Å². The number of hydrogen-bond donors (Lipinski definition) is 2. The Morgan fingerprint density at radius 1 is 1.00 bits per heavy atom. The molecule has 2 nitrogen and oxygen atoms in total. The number of aliphatic hydroxyl groups is 1. The van der Waals surface area contributed by atoms with E-state index in [1.807, 2.05) is 60.7 Å². The highest BCUT2D eigenvalue weighted by molar-refractivity contribution is 5.64. The van der Waals surface area contributed by atoms with Gasteiger partial charge in [-0.25, -0.2) is 0 Å². The van der Waals surface area contributed by atoms with Gasteiger partial charge in [-0.3, -0.25) is 0 Å². The van der Waals surface area contributed by atoms with Gasteiger partial charge in [-0.05, 0) is 16.7 Å². The summed E-state index contributed by atoms with van der Waals surface area (Å²) in [4.78, 5) is 0. The molecule has 98 valence electrons. The minimum atomic E-state index is -0.0540. The van der Waals surface area contributed by atoms with E-state index in [1.165, 1.54) is 0 Å². The quantitative estimate of drug-likeness (QED) is 0.829. The molecular weight excluding hydrogens is 234 g/mol. The summed E-state index contributed by atoms with van der Waals surface area (Å²) in [7, 11) is 0. The average Bonchev–Trinajstić information content (AvgIpc) is 2.49. The molecule has 1 unspecified atom stereocenters. The monoisotopic (exact) mass is 253 g/mol. The van der Waals surface area contributed by atoms with E-state index in [4.69, 9.17) is 0 Å². The number of benzene rings is 2. The van der Waals surface area contributed by atoms with E-state index in [0.717, 1.165) is 16.7 Å². The van der Waals surface area contributed by atoms with Crippen molar-refractivity contribution >= 4 is 5.57 Å². The maximum absolute atomic E-state index is 9.47. The molecule has 2 aromatic rings. The van der Waals surface area contributed by atoms with Gasteiger partial charge in [0.15, 0.2) is 0 Å². The van der Waals surface area contributed by atoms with E-state index < -0.39 is 0 Å². The predicted octanol–water partition coefficient (Wildman–Crippen LogP) is 3.02. The molecule has 0 spiro atoms. The second-order valence-electron chi connectivity index (χ2n) is 4.50. The van der Waals surface area contributed by atoms with Gasteiger partial charge < -0.3 is 10.4 Å². The Labute approximate surface area is 114 Å². The summed E-state index contributed by atoms with van der Waals surface area (Å²) in [6.45, 7) is 4.81. The summed E-state index contributed by atoms with van der Waals surface area (Å²) < 4.78 is 0. The van der Waals surface area contributed by atoms with E-state index in [0.29, 0.717) is 6.54 Å². The average molecular weight is 253 g/mol. The van der Waals surface area contributed by atoms with Gasteiger partial charge in [-0.1, -0.05) is 67.2 Å². The van der Waals surface area contributed by atoms with Crippen molar-refractivity contribution in [3.05, 3.63) is 78.4 Å². The minimum absolute atomic E-state index is 0.0540. The lowest BCUT2D eigenvalue weighted by Crippen LogP contribution is -2.25. The van der Waals surface area contributed by atoms with Gasteiger partial charge in [-0.15, -0.1) is 0 Å². The highest BCUT2D eigenvalue weighted by Gasteiger charge is 2.09. The van der Waals surface area contributed by atoms with Crippen molar-refractivity contribution < 1.29 is 5.11 Å². The van der Waals surface area contributed by atoms with Crippen LogP contribution in [0.4, 0.5) is 0 Å². The van der Waals surface area contributed by atoms with E-state index >= 15 is 0 Å². The maximum atomic E-state index is 9.47. The number of nitrogens with one attached hydrogen (secondary N) is 1. The Bertz CT molecular complexity index is 507. The Balaban J connectivity index is 1.96. The summed E-state index contributed by atoms with van der Waals surface area (Å²) in [6, 6.07) is 20.0. The largest absolute Gasteiger partial charge is 0.394 e. The molecule has 0 aromatic heterocycles. The smallest absolute Gasteiger partial charge is 0.0626 e. The van der Waals surface area contributed by atoms with Gasteiger partial charge in [-0.2, -0.15) is 0 Å². The van der Waals surface area contributed by atoms with Crippen LogP contribution in [0.3, 0.4) is 0 Å². The molecule has 2 N–H and O–H groups in total. The number of rotatable bonds is 6. The Hall–Kier alpha value is -1.90. The van der Waals surface area contributed by atoms with Crippen molar-refractivity contribution in [1.82, 2.24) is 5.32 Å². The Kier molecular flexibility index (Phi) is 4.90. The molecule has 0 aliphatic carbocycles. The molecule has 0 heterocycles. The van der Waals surface area contributed by atoms with Crippen molar-refractivity contribution in [1.29, 1.82) is 0 Å². The zero-order valence-electron chi connectivity index (χ0n) is 10.9. The standard InChI is InChI=1S/C17H19NO/c1-14(15-8-4-2-5-9-15)12-18-17(13-19)16-10-6-3-7-11-16/h2-11,17-19H,1,12-13H2. The van der Waals surface area contributed by atoms with Crippen LogP contribution in [0.2, 0.25) is 0 Å². The molecule has 2 heteroatoms. The van der Waals surface area contributed by atoms with Gasteiger partial charge in [0.2, 0.25) is 0 Å². The molecule has 0 aliphatic heterocycles. The predicted molar refractivity (Wildman–Crippen MR) is 79.7 cm³/mol. The summed E-state index contributed by atoms with van der Waals surface area (Å²) in [6.07, 6.45) is 0. The zero-order valence-corrected chi connectivity index (χ0v) is 10.9. The summed E-state index contributed by atoms with van der Waals surface area (Å²) >= 11 is 0. The van der Waals surface area contributed by atoms with Crippen LogP contribution in [0.25, 0.3) is 5.57 Å². The summed E-state index contributed by atoms with van der Waals surface area (Å²) in [5.41, 5.74) is 3.24. The fourth-order valence-corrected chi connectivity index (χ4v) is 2.00. The third-order valence-electron chi connectivity index (χ3n) is 3.13.